The smallest absolute Gasteiger partial charge is 0.203 e. The Morgan fingerprint density at radius 2 is 1.23 bits per heavy atom. The van der Waals surface area contributed by atoms with Crippen LogP contribution in [0.3, 0.4) is 0 Å². The van der Waals surface area contributed by atoms with Crippen molar-refractivity contribution in [1.29, 1.82) is 0 Å². The Balaban J connectivity index is 1.98. The second-order valence-electron chi connectivity index (χ2n) is 6.61. The molecule has 8 nitrogen and oxygen atoms in total. The lowest BCUT2D eigenvalue weighted by molar-refractivity contribution is 0.222. The van der Waals surface area contributed by atoms with Crippen LogP contribution in [-0.2, 0) is 4.74 Å². The lowest BCUT2D eigenvalue weighted by Crippen LogP contribution is -2.06. The fraction of sp³-hybridized carbons (Fsp3) is 0.455. The molecule has 1 heterocycles. The van der Waals surface area contributed by atoms with E-state index in [4.69, 9.17) is 38.3 Å². The predicted octanol–water partition coefficient (Wildman–Crippen LogP) is 2.93. The van der Waals surface area contributed by atoms with Gasteiger partial charge in [0.1, 0.15) is 12.7 Å². The van der Waals surface area contributed by atoms with E-state index in [2.05, 4.69) is 0 Å². The Bertz CT molecular complexity index is 797. The molecule has 1 atom stereocenters. The first-order chi connectivity index (χ1) is 14.6. The van der Waals surface area contributed by atoms with Gasteiger partial charge >= 0.3 is 0 Å². The van der Waals surface area contributed by atoms with Crippen LogP contribution < -0.4 is 28.4 Å². The van der Waals surface area contributed by atoms with Crippen molar-refractivity contribution in [2.45, 2.75) is 12.5 Å². The normalized spacial score (nSPS) is 14.8. The molecule has 0 aromatic heterocycles. The first kappa shape index (κ1) is 21.9. The molecule has 0 radical (unpaired) electrons. The minimum Gasteiger partial charge on any atom is -0.493 e. The van der Waals surface area contributed by atoms with Gasteiger partial charge < -0.3 is 38.3 Å². The van der Waals surface area contributed by atoms with Gasteiger partial charge in [-0.15, -0.1) is 0 Å². The molecule has 1 N–H and O–H groups in total. The number of rotatable bonds is 12. The highest BCUT2D eigenvalue weighted by molar-refractivity contribution is 5.75. The zero-order valence-corrected chi connectivity index (χ0v) is 17.7. The summed E-state index contributed by atoms with van der Waals surface area (Å²) in [6.07, 6.45) is 0.626. The summed E-state index contributed by atoms with van der Waals surface area (Å²) in [6, 6.07) is 7.44. The van der Waals surface area contributed by atoms with Crippen molar-refractivity contribution >= 4 is 0 Å². The molecular formula is C22H28O8. The maximum Gasteiger partial charge on any atom is 0.203 e. The molecule has 8 heteroatoms. The van der Waals surface area contributed by atoms with Crippen LogP contribution in [0.15, 0.2) is 24.3 Å². The third-order valence-electron chi connectivity index (χ3n) is 4.62. The molecule has 2 aromatic rings. The zero-order valence-electron chi connectivity index (χ0n) is 17.7. The molecule has 0 amide bonds. The van der Waals surface area contributed by atoms with E-state index in [0.29, 0.717) is 60.7 Å². The van der Waals surface area contributed by atoms with E-state index in [9.17, 15) is 0 Å². The van der Waals surface area contributed by atoms with E-state index in [-0.39, 0.29) is 12.7 Å². The van der Waals surface area contributed by atoms with Crippen molar-refractivity contribution in [2.75, 3.05) is 54.9 Å². The van der Waals surface area contributed by atoms with Gasteiger partial charge in [-0.1, -0.05) is 0 Å². The number of hydrogen-bond acceptors (Lipinski definition) is 8. The van der Waals surface area contributed by atoms with Crippen LogP contribution in [0, 0.1) is 0 Å². The second kappa shape index (κ2) is 10.3. The van der Waals surface area contributed by atoms with Crippen molar-refractivity contribution < 1.29 is 38.3 Å². The molecular weight excluding hydrogens is 392 g/mol. The highest BCUT2D eigenvalue weighted by Crippen LogP contribution is 2.46. The Hall–Kier alpha value is -2.84. The van der Waals surface area contributed by atoms with Crippen LogP contribution in [0.4, 0.5) is 0 Å². The third-order valence-corrected chi connectivity index (χ3v) is 4.62. The van der Waals surface area contributed by atoms with Crippen LogP contribution in [0.25, 0.3) is 11.1 Å². The number of hydrogen-bond donors (Lipinski definition) is 1. The van der Waals surface area contributed by atoms with E-state index in [1.807, 2.05) is 24.3 Å². The number of ether oxygens (including phenoxy) is 7. The lowest BCUT2D eigenvalue weighted by Gasteiger charge is -2.18. The van der Waals surface area contributed by atoms with E-state index in [0.717, 1.165) is 11.1 Å². The first-order valence-electron chi connectivity index (χ1n) is 9.65. The summed E-state index contributed by atoms with van der Waals surface area (Å²) in [5, 5.41) is 9.00. The molecule has 1 aliphatic rings. The summed E-state index contributed by atoms with van der Waals surface area (Å²) in [7, 11) is 6.29. The summed E-state index contributed by atoms with van der Waals surface area (Å²) in [5.41, 5.74) is 1.66. The van der Waals surface area contributed by atoms with Gasteiger partial charge in [-0.25, -0.2) is 0 Å². The second-order valence-corrected chi connectivity index (χ2v) is 6.61. The standard InChI is InChI=1S/C22H28O8/c1-24-17-8-14(9-18(25-2)21(17)28-7-5-6-23)15-10-19(26-3)22(20(11-15)27-4)30-13-16-12-29-16/h8-11,16,23H,5-7,12-13H2,1-4H3. The Morgan fingerprint density at radius 3 is 1.60 bits per heavy atom. The van der Waals surface area contributed by atoms with Crippen LogP contribution in [-0.4, -0.2) is 66.1 Å². The predicted molar refractivity (Wildman–Crippen MR) is 111 cm³/mol. The van der Waals surface area contributed by atoms with Gasteiger partial charge in [-0.2, -0.15) is 0 Å². The molecule has 0 spiro atoms. The minimum absolute atomic E-state index is 0.0452. The van der Waals surface area contributed by atoms with Crippen LogP contribution >= 0.6 is 0 Å². The molecule has 1 unspecified atom stereocenters. The number of methoxy groups -OCH3 is 4. The van der Waals surface area contributed by atoms with Gasteiger partial charge in [0, 0.05) is 13.0 Å². The molecule has 0 aliphatic carbocycles. The van der Waals surface area contributed by atoms with E-state index in [1.165, 1.54) is 0 Å². The average molecular weight is 420 g/mol. The van der Waals surface area contributed by atoms with Crippen LogP contribution in [0.1, 0.15) is 6.42 Å². The highest BCUT2D eigenvalue weighted by atomic mass is 16.6. The van der Waals surface area contributed by atoms with E-state index >= 15 is 0 Å². The Morgan fingerprint density at radius 1 is 0.800 bits per heavy atom. The van der Waals surface area contributed by atoms with Gasteiger partial charge in [0.25, 0.3) is 0 Å². The van der Waals surface area contributed by atoms with Gasteiger partial charge in [0.05, 0.1) is 41.7 Å². The maximum absolute atomic E-state index is 9.00. The minimum atomic E-state index is 0.0452. The first-order valence-corrected chi connectivity index (χ1v) is 9.65. The van der Waals surface area contributed by atoms with Crippen LogP contribution in [0.2, 0.25) is 0 Å². The van der Waals surface area contributed by atoms with Gasteiger partial charge in [0.2, 0.25) is 11.5 Å². The number of aliphatic hydroxyl groups is 1. The summed E-state index contributed by atoms with van der Waals surface area (Å²) in [5.74, 6) is 3.15. The molecule has 0 saturated carbocycles. The van der Waals surface area contributed by atoms with Crippen LogP contribution in [0.5, 0.6) is 34.5 Å². The van der Waals surface area contributed by atoms with E-state index < -0.39 is 0 Å². The highest BCUT2D eigenvalue weighted by Gasteiger charge is 2.25. The topological polar surface area (TPSA) is 88.1 Å². The number of epoxide rings is 1. The van der Waals surface area contributed by atoms with Crippen molar-refractivity contribution in [3.8, 4) is 45.6 Å². The summed E-state index contributed by atoms with van der Waals surface area (Å²) in [4.78, 5) is 0. The number of benzene rings is 2. The summed E-state index contributed by atoms with van der Waals surface area (Å²) in [6.45, 7) is 1.53. The Kier molecular flexibility index (Phi) is 7.48. The van der Waals surface area contributed by atoms with Gasteiger partial charge in [-0.05, 0) is 35.4 Å². The van der Waals surface area contributed by atoms with Crippen molar-refractivity contribution in [3.05, 3.63) is 24.3 Å². The molecule has 3 rings (SSSR count). The van der Waals surface area contributed by atoms with Gasteiger partial charge in [-0.3, -0.25) is 0 Å². The lowest BCUT2D eigenvalue weighted by atomic mass is 10.0. The molecule has 2 aromatic carbocycles. The quantitative estimate of drug-likeness (QED) is 0.414. The maximum atomic E-state index is 9.00. The molecule has 1 fully saturated rings. The molecule has 30 heavy (non-hydrogen) atoms. The summed E-state index contributed by atoms with van der Waals surface area (Å²) < 4.78 is 39.0. The molecule has 164 valence electrons. The molecule has 1 aliphatic heterocycles. The average Bonchev–Trinajstić information content (AvgIpc) is 3.61. The number of aliphatic hydroxyl groups excluding tert-OH is 1. The largest absolute Gasteiger partial charge is 0.493 e. The van der Waals surface area contributed by atoms with Crippen molar-refractivity contribution in [2.24, 2.45) is 0 Å². The Labute approximate surface area is 176 Å². The third kappa shape index (κ3) is 5.01. The SMILES string of the molecule is COc1cc(-c2cc(OC)c(OCC3CO3)c(OC)c2)cc(OC)c1OCCCO. The fourth-order valence-corrected chi connectivity index (χ4v) is 2.96. The zero-order chi connectivity index (χ0) is 21.5. The summed E-state index contributed by atoms with van der Waals surface area (Å²) >= 11 is 0. The molecule has 0 bridgehead atoms. The van der Waals surface area contributed by atoms with Gasteiger partial charge in [0.15, 0.2) is 23.0 Å². The van der Waals surface area contributed by atoms with E-state index in [1.54, 1.807) is 28.4 Å². The van der Waals surface area contributed by atoms with Crippen molar-refractivity contribution in [3.63, 3.8) is 0 Å². The molecule has 1 saturated heterocycles. The fourth-order valence-electron chi connectivity index (χ4n) is 2.96. The monoisotopic (exact) mass is 420 g/mol. The van der Waals surface area contributed by atoms with Crippen molar-refractivity contribution in [1.82, 2.24) is 0 Å².